The summed E-state index contributed by atoms with van der Waals surface area (Å²) < 4.78 is 32.8. The molecule has 0 spiro atoms. The van der Waals surface area contributed by atoms with E-state index in [0.29, 0.717) is 38.3 Å². The smallest absolute Gasteiger partial charge is 0.246 e. The lowest BCUT2D eigenvalue weighted by Gasteiger charge is -2.23. The minimum Gasteiger partial charge on any atom is -0.495 e. The molecule has 24 heavy (non-hydrogen) atoms. The van der Waals surface area contributed by atoms with Gasteiger partial charge in [0.25, 0.3) is 0 Å². The molecule has 7 heteroatoms. The number of carbonyl (C=O) groups is 1. The molecule has 1 aromatic carbocycles. The number of sulfonamides is 1. The second kappa shape index (κ2) is 6.72. The van der Waals surface area contributed by atoms with E-state index >= 15 is 0 Å². The number of rotatable bonds is 4. The largest absolute Gasteiger partial charge is 0.495 e. The van der Waals surface area contributed by atoms with Crippen LogP contribution in [0.3, 0.4) is 0 Å². The topological polar surface area (TPSA) is 66.9 Å². The summed E-state index contributed by atoms with van der Waals surface area (Å²) in [6.07, 6.45) is 2.60. The number of aryl methyl sites for hydroxylation is 1. The molecule has 2 fully saturated rings. The third kappa shape index (κ3) is 3.42. The quantitative estimate of drug-likeness (QED) is 0.826. The van der Waals surface area contributed by atoms with Gasteiger partial charge in [-0.1, -0.05) is 6.07 Å². The number of nitrogens with zero attached hydrogens (tertiary/aromatic N) is 2. The third-order valence-corrected chi connectivity index (χ3v) is 6.55. The summed E-state index contributed by atoms with van der Waals surface area (Å²) >= 11 is 0. The Bertz CT molecular complexity index is 728. The molecular weight excluding hydrogens is 328 g/mol. The SMILES string of the molecule is COc1ccc(C)cc1S(=O)(=O)N1CCCN(C(=O)C2CC2)CC1. The number of hydrogen-bond donors (Lipinski definition) is 0. The van der Waals surface area contributed by atoms with Crippen LogP contribution in [0.15, 0.2) is 23.1 Å². The van der Waals surface area contributed by atoms with Crippen LogP contribution in [0.1, 0.15) is 24.8 Å². The molecule has 1 aromatic rings. The number of hydrogen-bond acceptors (Lipinski definition) is 4. The van der Waals surface area contributed by atoms with Crippen molar-refractivity contribution in [3.05, 3.63) is 23.8 Å². The number of benzene rings is 1. The van der Waals surface area contributed by atoms with Crippen LogP contribution in [0.4, 0.5) is 0 Å². The van der Waals surface area contributed by atoms with E-state index in [0.717, 1.165) is 18.4 Å². The maximum absolute atomic E-state index is 13.0. The summed E-state index contributed by atoms with van der Waals surface area (Å²) in [4.78, 5) is 14.2. The number of ether oxygens (including phenoxy) is 1. The predicted molar refractivity (Wildman–Crippen MR) is 90.4 cm³/mol. The molecule has 2 aliphatic rings. The first-order chi connectivity index (χ1) is 11.4. The summed E-state index contributed by atoms with van der Waals surface area (Å²) in [5.41, 5.74) is 0.870. The van der Waals surface area contributed by atoms with Crippen molar-refractivity contribution in [1.82, 2.24) is 9.21 Å². The van der Waals surface area contributed by atoms with E-state index in [1.165, 1.54) is 11.4 Å². The Morgan fingerprint density at radius 2 is 1.92 bits per heavy atom. The Kier molecular flexibility index (Phi) is 4.83. The first-order valence-electron chi connectivity index (χ1n) is 8.37. The first kappa shape index (κ1) is 17.2. The Morgan fingerprint density at radius 3 is 2.58 bits per heavy atom. The normalized spacial score (nSPS) is 19.8. The summed E-state index contributed by atoms with van der Waals surface area (Å²) in [5.74, 6) is 0.711. The second-order valence-corrected chi connectivity index (χ2v) is 8.42. The Morgan fingerprint density at radius 1 is 1.17 bits per heavy atom. The zero-order valence-electron chi connectivity index (χ0n) is 14.2. The molecule has 1 saturated heterocycles. The van der Waals surface area contributed by atoms with Crippen molar-refractivity contribution >= 4 is 15.9 Å². The number of amides is 1. The minimum atomic E-state index is -3.63. The van der Waals surface area contributed by atoms with Gasteiger partial charge in [-0.2, -0.15) is 4.31 Å². The lowest BCUT2D eigenvalue weighted by molar-refractivity contribution is -0.132. The lowest BCUT2D eigenvalue weighted by Crippen LogP contribution is -2.38. The van der Waals surface area contributed by atoms with E-state index in [9.17, 15) is 13.2 Å². The monoisotopic (exact) mass is 352 g/mol. The highest BCUT2D eigenvalue weighted by Crippen LogP contribution is 2.32. The van der Waals surface area contributed by atoms with E-state index in [1.807, 2.05) is 17.9 Å². The standard InChI is InChI=1S/C17H24N2O4S/c1-13-4-7-15(23-2)16(12-13)24(21,22)19-9-3-8-18(10-11-19)17(20)14-5-6-14/h4,7,12,14H,3,5-6,8-11H2,1-2H3. The average molecular weight is 352 g/mol. The van der Waals surface area contributed by atoms with Gasteiger partial charge in [0.15, 0.2) is 0 Å². The van der Waals surface area contributed by atoms with Gasteiger partial charge in [-0.3, -0.25) is 4.79 Å². The van der Waals surface area contributed by atoms with Crippen LogP contribution >= 0.6 is 0 Å². The summed E-state index contributed by atoms with van der Waals surface area (Å²) in [7, 11) is -2.16. The summed E-state index contributed by atoms with van der Waals surface area (Å²) in [6.45, 7) is 3.71. The van der Waals surface area contributed by atoms with Gasteiger partial charge in [0.05, 0.1) is 7.11 Å². The fourth-order valence-corrected chi connectivity index (χ4v) is 4.78. The van der Waals surface area contributed by atoms with Gasteiger partial charge in [-0.25, -0.2) is 8.42 Å². The predicted octanol–water partition coefficient (Wildman–Crippen LogP) is 1.64. The lowest BCUT2D eigenvalue weighted by atomic mass is 10.2. The maximum Gasteiger partial charge on any atom is 0.246 e. The Labute approximate surface area is 143 Å². The summed E-state index contributed by atoms with van der Waals surface area (Å²) in [5, 5.41) is 0. The molecule has 0 radical (unpaired) electrons. The highest BCUT2D eigenvalue weighted by molar-refractivity contribution is 7.89. The van der Waals surface area contributed by atoms with E-state index in [2.05, 4.69) is 0 Å². The Hall–Kier alpha value is -1.60. The average Bonchev–Trinajstić information content (AvgIpc) is 3.40. The van der Waals surface area contributed by atoms with E-state index < -0.39 is 10.0 Å². The fourth-order valence-electron chi connectivity index (χ4n) is 3.07. The number of methoxy groups -OCH3 is 1. The van der Waals surface area contributed by atoms with Crippen molar-refractivity contribution in [3.8, 4) is 5.75 Å². The van der Waals surface area contributed by atoms with Crippen LogP contribution < -0.4 is 4.74 Å². The van der Waals surface area contributed by atoms with Crippen LogP contribution in [0.2, 0.25) is 0 Å². The van der Waals surface area contributed by atoms with Crippen molar-refractivity contribution in [2.75, 3.05) is 33.3 Å². The third-order valence-electron chi connectivity index (χ3n) is 4.63. The summed E-state index contributed by atoms with van der Waals surface area (Å²) in [6, 6.07) is 5.16. The maximum atomic E-state index is 13.0. The molecule has 132 valence electrons. The zero-order valence-corrected chi connectivity index (χ0v) is 15.0. The van der Waals surface area contributed by atoms with Crippen molar-refractivity contribution in [3.63, 3.8) is 0 Å². The molecule has 1 saturated carbocycles. The second-order valence-electron chi connectivity index (χ2n) is 6.51. The molecule has 6 nitrogen and oxygen atoms in total. The van der Waals surface area contributed by atoms with E-state index in [4.69, 9.17) is 4.74 Å². The van der Waals surface area contributed by atoms with Crippen LogP contribution in [0.5, 0.6) is 5.75 Å². The zero-order chi connectivity index (χ0) is 17.3. The van der Waals surface area contributed by atoms with Crippen LogP contribution in [-0.2, 0) is 14.8 Å². The van der Waals surface area contributed by atoms with Gasteiger partial charge in [-0.15, -0.1) is 0 Å². The van der Waals surface area contributed by atoms with Crippen LogP contribution in [0, 0.1) is 12.8 Å². The van der Waals surface area contributed by atoms with Crippen molar-refractivity contribution in [2.45, 2.75) is 31.1 Å². The van der Waals surface area contributed by atoms with Gasteiger partial charge in [0.2, 0.25) is 15.9 Å². The molecule has 0 atom stereocenters. The molecule has 0 unspecified atom stereocenters. The molecule has 0 bridgehead atoms. The van der Waals surface area contributed by atoms with Crippen LogP contribution in [-0.4, -0.2) is 56.8 Å². The van der Waals surface area contributed by atoms with Gasteiger partial charge in [-0.05, 0) is 43.9 Å². The van der Waals surface area contributed by atoms with Gasteiger partial charge < -0.3 is 9.64 Å². The minimum absolute atomic E-state index is 0.171. The number of carbonyl (C=O) groups excluding carboxylic acids is 1. The van der Waals surface area contributed by atoms with Crippen molar-refractivity contribution in [1.29, 1.82) is 0 Å². The Balaban J connectivity index is 1.80. The van der Waals surface area contributed by atoms with Gasteiger partial charge in [0, 0.05) is 32.1 Å². The van der Waals surface area contributed by atoms with Gasteiger partial charge in [0.1, 0.15) is 10.6 Å². The van der Waals surface area contributed by atoms with Crippen molar-refractivity contribution in [2.24, 2.45) is 5.92 Å². The molecule has 1 aliphatic carbocycles. The van der Waals surface area contributed by atoms with E-state index in [-0.39, 0.29) is 16.7 Å². The highest BCUT2D eigenvalue weighted by Gasteiger charge is 2.36. The van der Waals surface area contributed by atoms with Gasteiger partial charge >= 0.3 is 0 Å². The molecule has 3 rings (SSSR count). The van der Waals surface area contributed by atoms with E-state index in [1.54, 1.807) is 12.1 Å². The molecule has 0 N–H and O–H groups in total. The first-order valence-corrected chi connectivity index (χ1v) is 9.81. The van der Waals surface area contributed by atoms with Crippen molar-refractivity contribution < 1.29 is 17.9 Å². The fraction of sp³-hybridized carbons (Fsp3) is 0.588. The highest BCUT2D eigenvalue weighted by atomic mass is 32.2. The molecule has 1 amide bonds. The molecule has 0 aromatic heterocycles. The molecule has 1 aliphatic heterocycles. The molecule has 1 heterocycles. The molecular formula is C17H24N2O4S. The van der Waals surface area contributed by atoms with Crippen LogP contribution in [0.25, 0.3) is 0 Å².